The zero-order chi connectivity index (χ0) is 17.1. The van der Waals surface area contributed by atoms with Gasteiger partial charge in [0.05, 0.1) is 27.4 Å². The second-order valence-corrected chi connectivity index (χ2v) is 5.48. The van der Waals surface area contributed by atoms with Gasteiger partial charge in [-0.3, -0.25) is 4.79 Å². The molecule has 7 heteroatoms. The standard InChI is InChI=1S/C16H20N2O4S/c1-8-14(9(2)19)15(18-16(23)17-8)10-6-12(21-4)13(22-5)7-11(10)20-3/h6-7,15H,1-5H3,(H2,17,18,23)/t15-/m0/s1. The average molecular weight is 336 g/mol. The highest BCUT2D eigenvalue weighted by Crippen LogP contribution is 2.40. The summed E-state index contributed by atoms with van der Waals surface area (Å²) in [7, 11) is 4.68. The van der Waals surface area contributed by atoms with Crippen LogP contribution in [0.25, 0.3) is 0 Å². The minimum atomic E-state index is -0.420. The van der Waals surface area contributed by atoms with Crippen LogP contribution in [0.15, 0.2) is 23.4 Å². The third-order valence-electron chi connectivity index (χ3n) is 3.70. The van der Waals surface area contributed by atoms with Crippen molar-refractivity contribution in [3.05, 3.63) is 29.0 Å². The van der Waals surface area contributed by atoms with Gasteiger partial charge in [0.1, 0.15) is 5.75 Å². The number of hydrogen-bond acceptors (Lipinski definition) is 5. The molecule has 6 nitrogen and oxygen atoms in total. The molecule has 1 aromatic carbocycles. The van der Waals surface area contributed by atoms with Crippen LogP contribution in [-0.2, 0) is 4.79 Å². The third kappa shape index (κ3) is 3.24. The van der Waals surface area contributed by atoms with Crippen molar-refractivity contribution in [3.63, 3.8) is 0 Å². The zero-order valence-corrected chi connectivity index (χ0v) is 14.6. The largest absolute Gasteiger partial charge is 0.496 e. The lowest BCUT2D eigenvalue weighted by Crippen LogP contribution is -2.44. The van der Waals surface area contributed by atoms with Crippen molar-refractivity contribution in [1.82, 2.24) is 10.6 Å². The van der Waals surface area contributed by atoms with Crippen LogP contribution in [-0.4, -0.2) is 32.2 Å². The van der Waals surface area contributed by atoms with Gasteiger partial charge in [-0.25, -0.2) is 0 Å². The quantitative estimate of drug-likeness (QED) is 0.798. The second kappa shape index (κ2) is 6.87. The molecule has 1 aliphatic heterocycles. The van der Waals surface area contributed by atoms with E-state index >= 15 is 0 Å². The van der Waals surface area contributed by atoms with Crippen LogP contribution in [0.3, 0.4) is 0 Å². The second-order valence-electron chi connectivity index (χ2n) is 5.08. The highest BCUT2D eigenvalue weighted by Gasteiger charge is 2.31. The van der Waals surface area contributed by atoms with Crippen molar-refractivity contribution in [1.29, 1.82) is 0 Å². The van der Waals surface area contributed by atoms with E-state index in [0.717, 1.165) is 11.3 Å². The summed E-state index contributed by atoms with van der Waals surface area (Å²) in [4.78, 5) is 12.1. The van der Waals surface area contributed by atoms with E-state index in [9.17, 15) is 4.79 Å². The fourth-order valence-corrected chi connectivity index (χ4v) is 2.94. The summed E-state index contributed by atoms with van der Waals surface area (Å²) in [5, 5.41) is 6.56. The molecule has 0 unspecified atom stereocenters. The van der Waals surface area contributed by atoms with E-state index in [1.54, 1.807) is 33.5 Å². The van der Waals surface area contributed by atoms with E-state index in [4.69, 9.17) is 26.4 Å². The Bertz CT molecular complexity index is 685. The highest BCUT2D eigenvalue weighted by atomic mass is 32.1. The summed E-state index contributed by atoms with van der Waals surface area (Å²) in [5.74, 6) is 1.63. The molecule has 0 fully saturated rings. The number of ether oxygens (including phenoxy) is 3. The van der Waals surface area contributed by atoms with Crippen molar-refractivity contribution in [2.24, 2.45) is 0 Å². The monoisotopic (exact) mass is 336 g/mol. The van der Waals surface area contributed by atoms with Gasteiger partial charge in [-0.2, -0.15) is 0 Å². The van der Waals surface area contributed by atoms with Crippen molar-refractivity contribution >= 4 is 23.1 Å². The van der Waals surface area contributed by atoms with E-state index in [2.05, 4.69) is 10.6 Å². The Kier molecular flexibility index (Phi) is 5.10. The number of methoxy groups -OCH3 is 3. The molecule has 1 aromatic rings. The smallest absolute Gasteiger partial charge is 0.171 e. The summed E-state index contributed by atoms with van der Waals surface area (Å²) in [6, 6.07) is 3.10. The van der Waals surface area contributed by atoms with Gasteiger partial charge in [-0.1, -0.05) is 0 Å². The van der Waals surface area contributed by atoms with Gasteiger partial charge >= 0.3 is 0 Å². The molecule has 1 aliphatic rings. The minimum Gasteiger partial charge on any atom is -0.496 e. The van der Waals surface area contributed by atoms with Crippen molar-refractivity contribution in [2.45, 2.75) is 19.9 Å². The molecule has 0 amide bonds. The summed E-state index contributed by atoms with van der Waals surface area (Å²) in [6.45, 7) is 3.35. The van der Waals surface area contributed by atoms with Gasteiger partial charge < -0.3 is 24.8 Å². The molecule has 23 heavy (non-hydrogen) atoms. The fraction of sp³-hybridized carbons (Fsp3) is 0.375. The van der Waals surface area contributed by atoms with Gasteiger partial charge in [0, 0.05) is 22.9 Å². The highest BCUT2D eigenvalue weighted by molar-refractivity contribution is 7.80. The van der Waals surface area contributed by atoms with Gasteiger partial charge in [0.15, 0.2) is 22.4 Å². The molecule has 0 saturated heterocycles. The topological polar surface area (TPSA) is 68.8 Å². The number of thiocarbonyl (C=S) groups is 1. The summed E-state index contributed by atoms with van der Waals surface area (Å²) < 4.78 is 16.1. The first kappa shape index (κ1) is 17.1. The number of ketones is 1. The molecule has 1 atom stereocenters. The number of Topliss-reactive ketones (excluding diaryl/α,β-unsaturated/α-hetero) is 1. The first-order valence-corrected chi connectivity index (χ1v) is 7.42. The first-order chi connectivity index (χ1) is 10.9. The molecule has 2 N–H and O–H groups in total. The molecule has 0 aliphatic carbocycles. The van der Waals surface area contributed by atoms with Gasteiger partial charge in [-0.05, 0) is 32.1 Å². The van der Waals surface area contributed by atoms with Crippen LogP contribution in [0, 0.1) is 0 Å². The Hall–Kier alpha value is -2.28. The predicted octanol–water partition coefficient (Wildman–Crippen LogP) is 2.09. The first-order valence-electron chi connectivity index (χ1n) is 7.02. The normalized spacial score (nSPS) is 17.3. The number of rotatable bonds is 5. The van der Waals surface area contributed by atoms with Crippen LogP contribution < -0.4 is 24.8 Å². The molecule has 0 bridgehead atoms. The number of allylic oxidation sites excluding steroid dienone is 1. The Morgan fingerprint density at radius 1 is 1.09 bits per heavy atom. The number of carbonyl (C=O) groups excluding carboxylic acids is 1. The average Bonchev–Trinajstić information content (AvgIpc) is 2.52. The summed E-state index contributed by atoms with van der Waals surface area (Å²) >= 11 is 5.22. The molecular weight excluding hydrogens is 316 g/mol. The van der Waals surface area contributed by atoms with Gasteiger partial charge in [-0.15, -0.1) is 0 Å². The lowest BCUT2D eigenvalue weighted by molar-refractivity contribution is -0.114. The van der Waals surface area contributed by atoms with Gasteiger partial charge in [0.25, 0.3) is 0 Å². The van der Waals surface area contributed by atoms with Crippen LogP contribution in [0.1, 0.15) is 25.5 Å². The van der Waals surface area contributed by atoms with Crippen molar-refractivity contribution in [3.8, 4) is 17.2 Å². The molecule has 2 rings (SSSR count). The SMILES string of the molecule is COc1cc(OC)c([C@@H]2NC(=S)NC(C)=C2C(C)=O)cc1OC. The predicted molar refractivity (Wildman–Crippen MR) is 91.1 cm³/mol. The number of nitrogens with one attached hydrogen (secondary N) is 2. The maximum absolute atomic E-state index is 12.1. The molecule has 0 radical (unpaired) electrons. The molecule has 124 valence electrons. The van der Waals surface area contributed by atoms with E-state index in [-0.39, 0.29) is 5.78 Å². The van der Waals surface area contributed by atoms with E-state index < -0.39 is 6.04 Å². The van der Waals surface area contributed by atoms with Crippen LogP contribution in [0.2, 0.25) is 0 Å². The Morgan fingerprint density at radius 3 is 2.17 bits per heavy atom. The molecule has 0 aromatic heterocycles. The Balaban J connectivity index is 2.65. The number of benzene rings is 1. The van der Waals surface area contributed by atoms with Gasteiger partial charge in [0.2, 0.25) is 0 Å². The van der Waals surface area contributed by atoms with E-state index in [1.165, 1.54) is 6.92 Å². The molecule has 0 spiro atoms. The lowest BCUT2D eigenvalue weighted by atomic mass is 9.92. The number of hydrogen-bond donors (Lipinski definition) is 2. The van der Waals surface area contributed by atoms with E-state index in [1.807, 2.05) is 6.92 Å². The Labute approximate surface area is 140 Å². The molecule has 0 saturated carbocycles. The van der Waals surface area contributed by atoms with Crippen molar-refractivity contribution in [2.75, 3.05) is 21.3 Å². The maximum atomic E-state index is 12.1. The van der Waals surface area contributed by atoms with Crippen LogP contribution in [0.4, 0.5) is 0 Å². The van der Waals surface area contributed by atoms with E-state index in [0.29, 0.717) is 27.9 Å². The summed E-state index contributed by atoms with van der Waals surface area (Å²) in [6.07, 6.45) is 0. The lowest BCUT2D eigenvalue weighted by Gasteiger charge is -2.31. The zero-order valence-electron chi connectivity index (χ0n) is 13.8. The number of carbonyl (C=O) groups is 1. The third-order valence-corrected chi connectivity index (χ3v) is 3.92. The van der Waals surface area contributed by atoms with Crippen LogP contribution >= 0.6 is 12.2 Å². The minimum absolute atomic E-state index is 0.0492. The maximum Gasteiger partial charge on any atom is 0.171 e. The van der Waals surface area contributed by atoms with Crippen LogP contribution in [0.5, 0.6) is 17.2 Å². The molecule has 1 heterocycles. The fourth-order valence-electron chi connectivity index (χ4n) is 2.67. The summed E-state index contributed by atoms with van der Waals surface area (Å²) in [5.41, 5.74) is 2.07. The van der Waals surface area contributed by atoms with Crippen molar-refractivity contribution < 1.29 is 19.0 Å². The Morgan fingerprint density at radius 2 is 1.65 bits per heavy atom. The molecular formula is C16H20N2O4S.